The molecule has 2 aliphatic rings. The number of imidazole rings is 1. The summed E-state index contributed by atoms with van der Waals surface area (Å²) in [5.74, 6) is 1.99. The molecule has 152 valence electrons. The van der Waals surface area contributed by atoms with E-state index in [-0.39, 0.29) is 6.35 Å². The second-order valence-electron chi connectivity index (χ2n) is 7.40. The van der Waals surface area contributed by atoms with Crippen molar-refractivity contribution in [3.05, 3.63) is 54.0 Å². The molecule has 2 aromatic rings. The molecule has 1 atom stereocenters. The van der Waals surface area contributed by atoms with Crippen molar-refractivity contribution in [2.24, 2.45) is 0 Å². The molecular formula is C22H28N6O. The maximum atomic E-state index is 8.67. The first-order chi connectivity index (χ1) is 14.2. The zero-order chi connectivity index (χ0) is 20.2. The molecule has 2 N–H and O–H groups in total. The summed E-state index contributed by atoms with van der Waals surface area (Å²) in [5, 5.41) is 12.1. The Kier molecular flexibility index (Phi) is 5.76. The van der Waals surface area contributed by atoms with E-state index in [1.54, 1.807) is 11.1 Å². The summed E-state index contributed by atoms with van der Waals surface area (Å²) in [6, 6.07) is 3.92. The fraction of sp³-hybridized carbons (Fsp3) is 0.409. The highest BCUT2D eigenvalue weighted by molar-refractivity contribution is 6.01. The Morgan fingerprint density at radius 1 is 1.34 bits per heavy atom. The number of allylic oxidation sites excluding steroid dienone is 4. The third-order valence-corrected chi connectivity index (χ3v) is 5.26. The number of unbranched alkanes of at least 4 members (excludes halogenated alkanes) is 1. The lowest BCUT2D eigenvalue weighted by Gasteiger charge is -2.35. The van der Waals surface area contributed by atoms with Crippen LogP contribution < -0.4 is 5.32 Å². The molecule has 1 aliphatic heterocycles. The number of rotatable bonds is 7. The van der Waals surface area contributed by atoms with Gasteiger partial charge in [0.1, 0.15) is 17.3 Å². The van der Waals surface area contributed by atoms with Crippen molar-refractivity contribution >= 4 is 11.7 Å². The molecule has 0 saturated carbocycles. The van der Waals surface area contributed by atoms with Crippen molar-refractivity contribution in [2.45, 2.75) is 45.5 Å². The zero-order valence-corrected chi connectivity index (χ0v) is 17.1. The topological polar surface area (TPSA) is 79.1 Å². The van der Waals surface area contributed by atoms with Crippen molar-refractivity contribution in [3.8, 4) is 11.4 Å². The average molecular weight is 393 g/mol. The van der Waals surface area contributed by atoms with E-state index in [0.717, 1.165) is 42.9 Å². The summed E-state index contributed by atoms with van der Waals surface area (Å²) in [7, 11) is 1.87. The third-order valence-electron chi connectivity index (χ3n) is 5.26. The van der Waals surface area contributed by atoms with E-state index in [1.807, 2.05) is 25.4 Å². The maximum Gasteiger partial charge on any atom is 0.209 e. The number of fused-ring (bicyclic) bond motifs is 1. The van der Waals surface area contributed by atoms with Gasteiger partial charge in [-0.3, -0.25) is 10.4 Å². The van der Waals surface area contributed by atoms with Crippen molar-refractivity contribution < 1.29 is 4.74 Å². The molecule has 0 aromatic carbocycles. The number of nitrogens with one attached hydrogen (secondary N) is 2. The number of ether oxygens (including phenoxy) is 1. The summed E-state index contributed by atoms with van der Waals surface area (Å²) < 4.78 is 8.16. The molecule has 7 heteroatoms. The first kappa shape index (κ1) is 19.4. The molecule has 0 radical (unpaired) electrons. The molecular weight excluding hydrogens is 364 g/mol. The van der Waals surface area contributed by atoms with E-state index in [4.69, 9.17) is 15.1 Å². The summed E-state index contributed by atoms with van der Waals surface area (Å²) in [4.78, 5) is 10.9. The van der Waals surface area contributed by atoms with Gasteiger partial charge in [0.25, 0.3) is 0 Å². The van der Waals surface area contributed by atoms with Gasteiger partial charge in [0.2, 0.25) is 6.35 Å². The Hall–Kier alpha value is -2.93. The van der Waals surface area contributed by atoms with Crippen LogP contribution in [0.3, 0.4) is 0 Å². The van der Waals surface area contributed by atoms with Crippen molar-refractivity contribution in [1.29, 1.82) is 5.41 Å². The largest absolute Gasteiger partial charge is 0.340 e. The first-order valence-electron chi connectivity index (χ1n) is 10.3. The van der Waals surface area contributed by atoms with Crippen LogP contribution in [0.15, 0.2) is 48.3 Å². The molecule has 0 fully saturated rings. The highest BCUT2D eigenvalue weighted by Crippen LogP contribution is 2.32. The minimum atomic E-state index is -0.380. The summed E-state index contributed by atoms with van der Waals surface area (Å²) in [6.07, 6.45) is 14.1. The van der Waals surface area contributed by atoms with Crippen LogP contribution in [-0.4, -0.2) is 45.3 Å². The van der Waals surface area contributed by atoms with E-state index >= 15 is 0 Å². The van der Waals surface area contributed by atoms with Crippen LogP contribution in [0, 0.1) is 5.41 Å². The van der Waals surface area contributed by atoms with Gasteiger partial charge in [0.15, 0.2) is 5.84 Å². The SMILES string of the molecule is CCCCOC1Nc2c(nc(-c3cccnc3)n2CC2=CCCC=C2)C(=N)N1C. The second-order valence-corrected chi connectivity index (χ2v) is 7.40. The normalized spacial score (nSPS) is 18.4. The van der Waals surface area contributed by atoms with Gasteiger partial charge < -0.3 is 19.5 Å². The minimum Gasteiger partial charge on any atom is -0.340 e. The van der Waals surface area contributed by atoms with E-state index < -0.39 is 0 Å². The van der Waals surface area contributed by atoms with Crippen molar-refractivity contribution in [3.63, 3.8) is 0 Å². The van der Waals surface area contributed by atoms with E-state index in [0.29, 0.717) is 24.7 Å². The Bertz CT molecular complexity index is 930. The van der Waals surface area contributed by atoms with Crippen LogP contribution in [0.4, 0.5) is 5.82 Å². The number of nitrogens with zero attached hydrogens (tertiary/aromatic N) is 4. The molecule has 0 spiro atoms. The van der Waals surface area contributed by atoms with Gasteiger partial charge in [-0.2, -0.15) is 0 Å². The number of anilines is 1. The minimum absolute atomic E-state index is 0.359. The van der Waals surface area contributed by atoms with Gasteiger partial charge in [-0.25, -0.2) is 4.98 Å². The van der Waals surface area contributed by atoms with E-state index in [1.165, 1.54) is 5.57 Å². The lowest BCUT2D eigenvalue weighted by Crippen LogP contribution is -2.48. The molecule has 2 aromatic heterocycles. The van der Waals surface area contributed by atoms with Crippen LogP contribution in [0.25, 0.3) is 11.4 Å². The molecule has 0 amide bonds. The highest BCUT2D eigenvalue weighted by atomic mass is 16.5. The number of hydrogen-bond donors (Lipinski definition) is 2. The third kappa shape index (κ3) is 3.96. The van der Waals surface area contributed by atoms with Crippen molar-refractivity contribution in [1.82, 2.24) is 19.4 Å². The van der Waals surface area contributed by atoms with Crippen LogP contribution >= 0.6 is 0 Å². The van der Waals surface area contributed by atoms with E-state index in [9.17, 15) is 0 Å². The van der Waals surface area contributed by atoms with Crippen LogP contribution in [0.2, 0.25) is 0 Å². The Balaban J connectivity index is 1.74. The van der Waals surface area contributed by atoms with Gasteiger partial charge in [-0.05, 0) is 37.0 Å². The molecule has 1 unspecified atom stereocenters. The number of aromatic nitrogens is 3. The van der Waals surface area contributed by atoms with Gasteiger partial charge in [0, 0.05) is 25.0 Å². The number of pyridine rings is 1. The van der Waals surface area contributed by atoms with Gasteiger partial charge in [-0.1, -0.05) is 31.6 Å². The Labute approximate surface area is 171 Å². The standard InChI is InChI=1S/C22H28N6O/c1-3-4-13-29-22-26-21-18(19(23)27(22)2)25-20(17-11-8-12-24-14-17)28(21)15-16-9-6-5-7-10-16/h6,8-12,14,22-23,26H,3-5,7,13,15H2,1-2H3. The maximum absolute atomic E-state index is 8.67. The first-order valence-corrected chi connectivity index (χ1v) is 10.3. The fourth-order valence-corrected chi connectivity index (χ4v) is 3.59. The molecule has 0 bridgehead atoms. The quantitative estimate of drug-likeness (QED) is 0.696. The van der Waals surface area contributed by atoms with Crippen molar-refractivity contribution in [2.75, 3.05) is 19.0 Å². The summed E-state index contributed by atoms with van der Waals surface area (Å²) in [5.41, 5.74) is 2.82. The van der Waals surface area contributed by atoms with Crippen LogP contribution in [0.1, 0.15) is 38.3 Å². The lowest BCUT2D eigenvalue weighted by atomic mass is 10.1. The summed E-state index contributed by atoms with van der Waals surface area (Å²) >= 11 is 0. The predicted molar refractivity (Wildman–Crippen MR) is 115 cm³/mol. The van der Waals surface area contributed by atoms with Gasteiger partial charge >= 0.3 is 0 Å². The molecule has 4 rings (SSSR count). The average Bonchev–Trinajstić information content (AvgIpc) is 3.11. The van der Waals surface area contributed by atoms with Gasteiger partial charge in [0.05, 0.1) is 13.2 Å². The molecule has 1 aliphatic carbocycles. The molecule has 0 saturated heterocycles. The second kappa shape index (κ2) is 8.61. The van der Waals surface area contributed by atoms with E-state index in [2.05, 4.69) is 40.0 Å². The Morgan fingerprint density at radius 3 is 2.97 bits per heavy atom. The smallest absolute Gasteiger partial charge is 0.209 e. The number of hydrogen-bond acceptors (Lipinski definition) is 5. The highest BCUT2D eigenvalue weighted by Gasteiger charge is 2.33. The zero-order valence-electron chi connectivity index (χ0n) is 17.1. The van der Waals surface area contributed by atoms with Crippen LogP contribution in [-0.2, 0) is 11.3 Å². The molecule has 3 heterocycles. The fourth-order valence-electron chi connectivity index (χ4n) is 3.59. The van der Waals surface area contributed by atoms with Gasteiger partial charge in [-0.15, -0.1) is 0 Å². The monoisotopic (exact) mass is 392 g/mol. The Morgan fingerprint density at radius 2 is 2.24 bits per heavy atom. The number of amidine groups is 1. The molecule has 7 nitrogen and oxygen atoms in total. The molecule has 29 heavy (non-hydrogen) atoms. The lowest BCUT2D eigenvalue weighted by molar-refractivity contribution is -0.000145. The summed E-state index contributed by atoms with van der Waals surface area (Å²) in [6.45, 7) is 3.48. The van der Waals surface area contributed by atoms with Crippen LogP contribution in [0.5, 0.6) is 0 Å². The predicted octanol–water partition coefficient (Wildman–Crippen LogP) is 4.00.